The van der Waals surface area contributed by atoms with Gasteiger partial charge in [-0.05, 0) is 41.6 Å². The van der Waals surface area contributed by atoms with Crippen molar-refractivity contribution >= 4 is 33.0 Å². The van der Waals surface area contributed by atoms with Crippen LogP contribution in [0.2, 0.25) is 5.02 Å². The topological polar surface area (TPSA) is 50.3 Å². The standard InChI is InChI=1S/C18H17ClN2O2S2/c19-17-7-1-2-8-18(17)25(22,23)21(11-9-16-6-4-12-24-16)14-15-5-3-10-20-13-15/h1-8,10,12-13H,9,11,14H2. The predicted octanol–water partition coefficient (Wildman–Crippen LogP) is 4.23. The van der Waals surface area contributed by atoms with Gasteiger partial charge in [0.15, 0.2) is 0 Å². The first-order valence-corrected chi connectivity index (χ1v) is 10.4. The Morgan fingerprint density at radius 3 is 2.60 bits per heavy atom. The Balaban J connectivity index is 1.90. The Morgan fingerprint density at radius 1 is 1.08 bits per heavy atom. The van der Waals surface area contributed by atoms with E-state index in [1.807, 2.05) is 23.6 Å². The average molecular weight is 393 g/mol. The number of benzene rings is 1. The van der Waals surface area contributed by atoms with E-state index >= 15 is 0 Å². The smallest absolute Gasteiger partial charge is 0.244 e. The summed E-state index contributed by atoms with van der Waals surface area (Å²) in [5, 5.41) is 2.22. The van der Waals surface area contributed by atoms with Gasteiger partial charge in [0.25, 0.3) is 0 Å². The zero-order valence-electron chi connectivity index (χ0n) is 13.4. The van der Waals surface area contributed by atoms with Crippen LogP contribution in [0, 0.1) is 0 Å². The second-order valence-corrected chi connectivity index (χ2v) is 8.81. The van der Waals surface area contributed by atoms with Gasteiger partial charge in [0.1, 0.15) is 4.90 Å². The van der Waals surface area contributed by atoms with Crippen LogP contribution in [0.5, 0.6) is 0 Å². The maximum Gasteiger partial charge on any atom is 0.244 e. The fourth-order valence-corrected chi connectivity index (χ4v) is 5.08. The van der Waals surface area contributed by atoms with Gasteiger partial charge in [0.2, 0.25) is 10.0 Å². The lowest BCUT2D eigenvalue weighted by Crippen LogP contribution is -2.32. The number of hydrogen-bond donors (Lipinski definition) is 0. The molecule has 0 radical (unpaired) electrons. The molecular formula is C18H17ClN2O2S2. The first-order valence-electron chi connectivity index (χ1n) is 7.73. The number of sulfonamides is 1. The van der Waals surface area contributed by atoms with Crippen molar-refractivity contribution in [2.75, 3.05) is 6.54 Å². The van der Waals surface area contributed by atoms with Crippen molar-refractivity contribution in [2.24, 2.45) is 0 Å². The van der Waals surface area contributed by atoms with Crippen molar-refractivity contribution in [3.8, 4) is 0 Å². The van der Waals surface area contributed by atoms with Crippen LogP contribution in [-0.2, 0) is 23.0 Å². The summed E-state index contributed by atoms with van der Waals surface area (Å²) in [4.78, 5) is 5.35. The van der Waals surface area contributed by atoms with Crippen LogP contribution in [0.4, 0.5) is 0 Å². The normalized spacial score (nSPS) is 11.8. The quantitative estimate of drug-likeness (QED) is 0.604. The van der Waals surface area contributed by atoms with Gasteiger partial charge in [0.05, 0.1) is 5.02 Å². The summed E-state index contributed by atoms with van der Waals surface area (Å²) >= 11 is 7.76. The zero-order chi connectivity index (χ0) is 17.7. The second-order valence-electron chi connectivity index (χ2n) is 5.46. The molecule has 0 unspecified atom stereocenters. The van der Waals surface area contributed by atoms with Crippen molar-refractivity contribution in [1.82, 2.24) is 9.29 Å². The third-order valence-corrected chi connectivity index (χ3v) is 7.01. The van der Waals surface area contributed by atoms with Gasteiger partial charge in [0, 0.05) is 30.4 Å². The lowest BCUT2D eigenvalue weighted by atomic mass is 10.3. The van der Waals surface area contributed by atoms with Crippen LogP contribution in [-0.4, -0.2) is 24.3 Å². The molecule has 0 saturated heterocycles. The fraction of sp³-hybridized carbons (Fsp3) is 0.167. The maximum atomic E-state index is 13.1. The molecule has 3 aromatic rings. The van der Waals surface area contributed by atoms with E-state index < -0.39 is 10.0 Å². The fourth-order valence-electron chi connectivity index (χ4n) is 2.46. The molecule has 0 spiro atoms. The Hall–Kier alpha value is -1.73. The minimum atomic E-state index is -3.70. The molecule has 130 valence electrons. The lowest BCUT2D eigenvalue weighted by molar-refractivity contribution is 0.410. The number of rotatable bonds is 7. The molecule has 0 atom stereocenters. The molecule has 0 aliphatic carbocycles. The largest absolute Gasteiger partial charge is 0.264 e. The third kappa shape index (κ3) is 4.46. The van der Waals surface area contributed by atoms with Crippen molar-refractivity contribution < 1.29 is 8.42 Å². The summed E-state index contributed by atoms with van der Waals surface area (Å²) < 4.78 is 27.7. The van der Waals surface area contributed by atoms with E-state index in [1.54, 1.807) is 54.1 Å². The van der Waals surface area contributed by atoms with Crippen molar-refractivity contribution in [2.45, 2.75) is 17.9 Å². The molecule has 0 aliphatic heterocycles. The summed E-state index contributed by atoms with van der Waals surface area (Å²) in [6, 6.07) is 14.2. The SMILES string of the molecule is O=S(=O)(c1ccccc1Cl)N(CCc1cccs1)Cc1cccnc1. The van der Waals surface area contributed by atoms with Gasteiger partial charge in [-0.2, -0.15) is 4.31 Å². The van der Waals surface area contributed by atoms with E-state index in [2.05, 4.69) is 4.98 Å². The summed E-state index contributed by atoms with van der Waals surface area (Å²) in [5.74, 6) is 0. The van der Waals surface area contributed by atoms with Crippen molar-refractivity contribution in [3.05, 3.63) is 81.8 Å². The van der Waals surface area contributed by atoms with Gasteiger partial charge in [-0.3, -0.25) is 4.98 Å². The van der Waals surface area contributed by atoms with Crippen LogP contribution in [0.25, 0.3) is 0 Å². The van der Waals surface area contributed by atoms with Gasteiger partial charge in [-0.25, -0.2) is 8.42 Å². The van der Waals surface area contributed by atoms with E-state index in [-0.39, 0.29) is 16.5 Å². The third-order valence-electron chi connectivity index (χ3n) is 3.72. The van der Waals surface area contributed by atoms with E-state index in [0.29, 0.717) is 13.0 Å². The zero-order valence-corrected chi connectivity index (χ0v) is 15.8. The Labute approximate surface area is 156 Å². The van der Waals surface area contributed by atoms with Crippen LogP contribution >= 0.6 is 22.9 Å². The molecule has 0 saturated carbocycles. The molecule has 0 fully saturated rings. The van der Waals surface area contributed by atoms with E-state index in [1.165, 1.54) is 4.31 Å². The van der Waals surface area contributed by atoms with Crippen LogP contribution in [0.15, 0.2) is 71.2 Å². The van der Waals surface area contributed by atoms with Crippen molar-refractivity contribution in [3.63, 3.8) is 0 Å². The highest BCUT2D eigenvalue weighted by Crippen LogP contribution is 2.26. The van der Waals surface area contributed by atoms with Gasteiger partial charge < -0.3 is 0 Å². The van der Waals surface area contributed by atoms with Crippen LogP contribution in [0.1, 0.15) is 10.4 Å². The molecule has 2 heterocycles. The maximum absolute atomic E-state index is 13.1. The Bertz CT molecular complexity index is 913. The Kier molecular flexibility index (Phi) is 5.86. The minimum Gasteiger partial charge on any atom is -0.264 e. The molecular weight excluding hydrogens is 376 g/mol. The highest BCUT2D eigenvalue weighted by Gasteiger charge is 2.26. The van der Waals surface area contributed by atoms with E-state index in [4.69, 9.17) is 11.6 Å². The molecule has 3 rings (SSSR count). The molecule has 1 aromatic carbocycles. The summed E-state index contributed by atoms with van der Waals surface area (Å²) in [6.07, 6.45) is 4.00. The Morgan fingerprint density at radius 2 is 1.92 bits per heavy atom. The molecule has 0 amide bonds. The molecule has 4 nitrogen and oxygen atoms in total. The number of pyridine rings is 1. The molecule has 25 heavy (non-hydrogen) atoms. The van der Waals surface area contributed by atoms with Gasteiger partial charge >= 0.3 is 0 Å². The van der Waals surface area contributed by atoms with Gasteiger partial charge in [-0.1, -0.05) is 35.9 Å². The molecule has 2 aromatic heterocycles. The highest BCUT2D eigenvalue weighted by molar-refractivity contribution is 7.89. The van der Waals surface area contributed by atoms with E-state index in [9.17, 15) is 8.42 Å². The van der Waals surface area contributed by atoms with Crippen LogP contribution in [0.3, 0.4) is 0 Å². The molecule has 0 aliphatic rings. The molecule has 7 heteroatoms. The number of halogens is 1. The van der Waals surface area contributed by atoms with E-state index in [0.717, 1.165) is 10.4 Å². The highest BCUT2D eigenvalue weighted by atomic mass is 35.5. The van der Waals surface area contributed by atoms with Crippen molar-refractivity contribution in [1.29, 1.82) is 0 Å². The molecule has 0 N–H and O–H groups in total. The summed E-state index contributed by atoms with van der Waals surface area (Å²) in [6.45, 7) is 0.635. The predicted molar refractivity (Wildman–Crippen MR) is 101 cm³/mol. The monoisotopic (exact) mass is 392 g/mol. The first-order chi connectivity index (χ1) is 12.1. The summed E-state index contributed by atoms with van der Waals surface area (Å²) in [7, 11) is -3.70. The summed E-state index contributed by atoms with van der Waals surface area (Å²) in [5.41, 5.74) is 0.837. The first kappa shape index (κ1) is 18.1. The number of hydrogen-bond acceptors (Lipinski definition) is 4. The minimum absolute atomic E-state index is 0.131. The van der Waals surface area contributed by atoms with Crippen LogP contribution < -0.4 is 0 Å². The second kappa shape index (κ2) is 8.10. The van der Waals surface area contributed by atoms with Gasteiger partial charge in [-0.15, -0.1) is 11.3 Å². The average Bonchev–Trinajstić information content (AvgIpc) is 3.13. The number of nitrogens with zero attached hydrogens (tertiary/aromatic N) is 2. The number of aromatic nitrogens is 1. The molecule has 0 bridgehead atoms. The lowest BCUT2D eigenvalue weighted by Gasteiger charge is -2.22. The number of thiophene rings is 1.